The van der Waals surface area contributed by atoms with Gasteiger partial charge in [0.05, 0.1) is 0 Å². The normalized spacial score (nSPS) is 15.7. The van der Waals surface area contributed by atoms with E-state index in [2.05, 4.69) is 10.6 Å². The van der Waals surface area contributed by atoms with Crippen molar-refractivity contribution in [2.45, 2.75) is 32.2 Å². The van der Waals surface area contributed by atoms with Gasteiger partial charge in [0.1, 0.15) is 11.3 Å². The third kappa shape index (κ3) is 4.07. The van der Waals surface area contributed by atoms with E-state index in [9.17, 15) is 9.59 Å². The Kier molecular flexibility index (Phi) is 5.03. The van der Waals surface area contributed by atoms with E-state index in [4.69, 9.17) is 4.42 Å². The van der Waals surface area contributed by atoms with Crippen molar-refractivity contribution in [2.24, 2.45) is 0 Å². The van der Waals surface area contributed by atoms with E-state index < -0.39 is 0 Å². The van der Waals surface area contributed by atoms with Crippen LogP contribution in [0, 0.1) is 0 Å². The predicted octanol–water partition coefficient (Wildman–Crippen LogP) is 2.29. The number of benzene rings is 1. The first-order valence-corrected chi connectivity index (χ1v) is 8.41. The highest BCUT2D eigenvalue weighted by molar-refractivity contribution is 5.79. The molecule has 0 saturated carbocycles. The summed E-state index contributed by atoms with van der Waals surface area (Å²) in [6.45, 7) is 3.76. The number of carbonyl (C=O) groups is 2. The highest BCUT2D eigenvalue weighted by atomic mass is 16.3. The molecule has 0 bridgehead atoms. The van der Waals surface area contributed by atoms with Crippen LogP contribution in [0.4, 0.5) is 4.79 Å². The summed E-state index contributed by atoms with van der Waals surface area (Å²) in [4.78, 5) is 25.3. The van der Waals surface area contributed by atoms with Crippen LogP contribution in [0.5, 0.6) is 0 Å². The minimum absolute atomic E-state index is 0.0711. The Balaban J connectivity index is 1.39. The molecule has 1 aromatic carbocycles. The number of hydrogen-bond donors (Lipinski definition) is 2. The zero-order valence-corrected chi connectivity index (χ0v) is 13.9. The standard InChI is InChI=1S/C18H23N3O3/c1-13(12-21-10-4-7-17(21)22)20-18(23)19-9-8-15-11-14-5-2-3-6-16(14)24-15/h2-3,5-6,11,13H,4,7-10,12H2,1H3,(H2,19,20,23). The number of furan rings is 1. The molecule has 1 saturated heterocycles. The number of fused-ring (bicyclic) bond motifs is 1. The van der Waals surface area contributed by atoms with Crippen molar-refractivity contribution in [3.05, 3.63) is 36.1 Å². The average molecular weight is 329 g/mol. The zero-order chi connectivity index (χ0) is 16.9. The number of amides is 3. The molecule has 1 atom stereocenters. The summed E-state index contributed by atoms with van der Waals surface area (Å²) < 4.78 is 5.72. The molecule has 0 radical (unpaired) electrons. The van der Waals surface area contributed by atoms with Gasteiger partial charge in [0.15, 0.2) is 0 Å². The Morgan fingerprint density at radius 1 is 1.38 bits per heavy atom. The Bertz CT molecular complexity index is 692. The minimum atomic E-state index is -0.217. The molecule has 6 nitrogen and oxygen atoms in total. The summed E-state index contributed by atoms with van der Waals surface area (Å²) >= 11 is 0. The highest BCUT2D eigenvalue weighted by Gasteiger charge is 2.22. The molecule has 3 amide bonds. The maximum atomic E-state index is 11.9. The molecule has 0 spiro atoms. The smallest absolute Gasteiger partial charge is 0.315 e. The fraction of sp³-hybridized carbons (Fsp3) is 0.444. The van der Waals surface area contributed by atoms with Gasteiger partial charge in [0.2, 0.25) is 5.91 Å². The molecule has 6 heteroatoms. The predicted molar refractivity (Wildman–Crippen MR) is 91.7 cm³/mol. The first-order valence-electron chi connectivity index (χ1n) is 8.41. The lowest BCUT2D eigenvalue weighted by Crippen LogP contribution is -2.46. The van der Waals surface area contributed by atoms with Gasteiger partial charge in [-0.2, -0.15) is 0 Å². The topological polar surface area (TPSA) is 74.6 Å². The number of para-hydroxylation sites is 1. The lowest BCUT2D eigenvalue weighted by Gasteiger charge is -2.21. The Hall–Kier alpha value is -2.50. The quantitative estimate of drug-likeness (QED) is 0.854. The van der Waals surface area contributed by atoms with Crippen LogP contribution in [0.3, 0.4) is 0 Å². The summed E-state index contributed by atoms with van der Waals surface area (Å²) in [5.41, 5.74) is 0.862. The van der Waals surface area contributed by atoms with Crippen molar-refractivity contribution in [1.82, 2.24) is 15.5 Å². The second kappa shape index (κ2) is 7.38. The summed E-state index contributed by atoms with van der Waals surface area (Å²) in [7, 11) is 0. The van der Waals surface area contributed by atoms with Crippen LogP contribution in [0.2, 0.25) is 0 Å². The number of nitrogens with zero attached hydrogens (tertiary/aromatic N) is 1. The molecular formula is C18H23N3O3. The van der Waals surface area contributed by atoms with Crippen LogP contribution in [-0.4, -0.2) is 42.5 Å². The van der Waals surface area contributed by atoms with E-state index in [1.54, 1.807) is 4.90 Å². The number of hydrogen-bond acceptors (Lipinski definition) is 3. The van der Waals surface area contributed by atoms with E-state index in [0.717, 1.165) is 29.7 Å². The molecular weight excluding hydrogens is 306 g/mol. The molecule has 3 rings (SSSR count). The van der Waals surface area contributed by atoms with Gasteiger partial charge in [-0.3, -0.25) is 4.79 Å². The van der Waals surface area contributed by atoms with E-state index in [1.165, 1.54) is 0 Å². The Labute approximate surface area is 141 Å². The maximum absolute atomic E-state index is 11.9. The fourth-order valence-electron chi connectivity index (χ4n) is 3.01. The van der Waals surface area contributed by atoms with Gasteiger partial charge in [0.25, 0.3) is 0 Å². The van der Waals surface area contributed by atoms with Crippen molar-refractivity contribution < 1.29 is 14.0 Å². The van der Waals surface area contributed by atoms with Crippen LogP contribution >= 0.6 is 0 Å². The zero-order valence-electron chi connectivity index (χ0n) is 13.9. The summed E-state index contributed by atoms with van der Waals surface area (Å²) in [5, 5.41) is 6.76. The highest BCUT2D eigenvalue weighted by Crippen LogP contribution is 2.18. The Morgan fingerprint density at radius 3 is 2.96 bits per heavy atom. The molecule has 24 heavy (non-hydrogen) atoms. The second-order valence-electron chi connectivity index (χ2n) is 6.25. The molecule has 1 aromatic heterocycles. The van der Waals surface area contributed by atoms with Crippen LogP contribution in [0.1, 0.15) is 25.5 Å². The molecule has 1 aliphatic rings. The van der Waals surface area contributed by atoms with E-state index in [-0.39, 0.29) is 18.0 Å². The summed E-state index contributed by atoms with van der Waals surface area (Å²) in [5.74, 6) is 1.03. The SMILES string of the molecule is CC(CN1CCCC1=O)NC(=O)NCCc1cc2ccccc2o1. The molecule has 2 N–H and O–H groups in total. The third-order valence-electron chi connectivity index (χ3n) is 4.18. The summed E-state index contributed by atoms with van der Waals surface area (Å²) in [6.07, 6.45) is 2.17. The van der Waals surface area contributed by atoms with Crippen LogP contribution in [0.15, 0.2) is 34.7 Å². The number of nitrogens with one attached hydrogen (secondary N) is 2. The van der Waals surface area contributed by atoms with Crippen LogP contribution < -0.4 is 10.6 Å². The van der Waals surface area contributed by atoms with Gasteiger partial charge in [-0.25, -0.2) is 4.79 Å². The molecule has 1 aliphatic heterocycles. The fourth-order valence-corrected chi connectivity index (χ4v) is 3.01. The van der Waals surface area contributed by atoms with Crippen LogP contribution in [0.25, 0.3) is 11.0 Å². The van der Waals surface area contributed by atoms with Crippen molar-refractivity contribution in [2.75, 3.05) is 19.6 Å². The van der Waals surface area contributed by atoms with E-state index in [0.29, 0.717) is 25.9 Å². The number of urea groups is 1. The van der Waals surface area contributed by atoms with E-state index in [1.807, 2.05) is 37.3 Å². The molecule has 2 heterocycles. The second-order valence-corrected chi connectivity index (χ2v) is 6.25. The number of rotatable bonds is 6. The molecule has 0 aliphatic carbocycles. The van der Waals surface area contributed by atoms with Crippen molar-refractivity contribution >= 4 is 22.9 Å². The van der Waals surface area contributed by atoms with Crippen LogP contribution in [-0.2, 0) is 11.2 Å². The molecule has 128 valence electrons. The lowest BCUT2D eigenvalue weighted by atomic mass is 10.2. The number of likely N-dealkylation sites (tertiary alicyclic amines) is 1. The number of carbonyl (C=O) groups excluding carboxylic acids is 2. The Morgan fingerprint density at radius 2 is 2.21 bits per heavy atom. The van der Waals surface area contributed by atoms with Gasteiger partial charge >= 0.3 is 6.03 Å². The van der Waals surface area contributed by atoms with Gasteiger partial charge < -0.3 is 20.0 Å². The van der Waals surface area contributed by atoms with Crippen molar-refractivity contribution in [1.29, 1.82) is 0 Å². The van der Waals surface area contributed by atoms with Gasteiger partial charge in [-0.15, -0.1) is 0 Å². The van der Waals surface area contributed by atoms with Gasteiger partial charge in [-0.05, 0) is 25.5 Å². The maximum Gasteiger partial charge on any atom is 0.315 e. The minimum Gasteiger partial charge on any atom is -0.461 e. The summed E-state index contributed by atoms with van der Waals surface area (Å²) in [6, 6.07) is 9.55. The molecule has 1 fully saturated rings. The van der Waals surface area contributed by atoms with Crippen molar-refractivity contribution in [3.63, 3.8) is 0 Å². The van der Waals surface area contributed by atoms with E-state index >= 15 is 0 Å². The largest absolute Gasteiger partial charge is 0.461 e. The van der Waals surface area contributed by atoms with Gasteiger partial charge in [0, 0.05) is 43.9 Å². The van der Waals surface area contributed by atoms with Gasteiger partial charge in [-0.1, -0.05) is 18.2 Å². The monoisotopic (exact) mass is 329 g/mol. The molecule has 2 aromatic rings. The van der Waals surface area contributed by atoms with Crippen molar-refractivity contribution in [3.8, 4) is 0 Å². The molecule has 1 unspecified atom stereocenters. The average Bonchev–Trinajstić information content (AvgIpc) is 3.13. The first-order chi connectivity index (χ1) is 11.6. The first kappa shape index (κ1) is 16.4. The lowest BCUT2D eigenvalue weighted by molar-refractivity contribution is -0.127. The third-order valence-corrected chi connectivity index (χ3v) is 4.18.